The fraction of sp³-hybridized carbons (Fsp3) is 0.750. The highest BCUT2D eigenvalue weighted by atomic mass is 32.1. The van der Waals surface area contributed by atoms with E-state index in [9.17, 15) is 0 Å². The van der Waals surface area contributed by atoms with Gasteiger partial charge in [0.15, 0.2) is 0 Å². The van der Waals surface area contributed by atoms with Gasteiger partial charge in [-0.25, -0.2) is 4.98 Å². The summed E-state index contributed by atoms with van der Waals surface area (Å²) < 4.78 is 5.43. The van der Waals surface area contributed by atoms with E-state index in [1.807, 2.05) is 5.51 Å². The minimum atomic E-state index is 0.239. The first kappa shape index (κ1) is 13.0. The molecule has 96 valence electrons. The van der Waals surface area contributed by atoms with E-state index in [1.165, 1.54) is 0 Å². The predicted octanol–water partition coefficient (Wildman–Crippen LogP) is 1.33. The summed E-state index contributed by atoms with van der Waals surface area (Å²) in [5, 5.41) is 2.11. The number of rotatable bonds is 5. The first-order valence-corrected chi connectivity index (χ1v) is 7.02. The second-order valence-corrected chi connectivity index (χ2v) is 5.69. The molecule has 2 heterocycles. The van der Waals surface area contributed by atoms with Crippen molar-refractivity contribution in [3.8, 4) is 0 Å². The van der Waals surface area contributed by atoms with Crippen molar-refractivity contribution >= 4 is 11.3 Å². The molecular formula is C12H21N3OS. The Morgan fingerprint density at radius 3 is 2.88 bits per heavy atom. The molecule has 2 N–H and O–H groups in total. The van der Waals surface area contributed by atoms with Crippen LogP contribution in [0.3, 0.4) is 0 Å². The van der Waals surface area contributed by atoms with Crippen molar-refractivity contribution in [1.82, 2.24) is 9.88 Å². The third-order valence-corrected chi connectivity index (χ3v) is 4.14. The van der Waals surface area contributed by atoms with Gasteiger partial charge in [-0.3, -0.25) is 4.90 Å². The van der Waals surface area contributed by atoms with Crippen LogP contribution in [0, 0.1) is 5.41 Å². The summed E-state index contributed by atoms with van der Waals surface area (Å²) in [7, 11) is 2.15. The lowest BCUT2D eigenvalue weighted by Crippen LogP contribution is -2.44. The molecule has 1 aliphatic rings. The summed E-state index contributed by atoms with van der Waals surface area (Å²) >= 11 is 1.65. The molecule has 4 nitrogen and oxygen atoms in total. The lowest BCUT2D eigenvalue weighted by molar-refractivity contribution is 0.00256. The Morgan fingerprint density at radius 1 is 1.53 bits per heavy atom. The largest absolute Gasteiger partial charge is 0.381 e. The topological polar surface area (TPSA) is 51.4 Å². The highest BCUT2D eigenvalue weighted by Gasteiger charge is 2.32. The fourth-order valence-electron chi connectivity index (χ4n) is 2.45. The van der Waals surface area contributed by atoms with Crippen LogP contribution in [0.4, 0.5) is 0 Å². The van der Waals surface area contributed by atoms with Gasteiger partial charge in [-0.2, -0.15) is 0 Å². The van der Waals surface area contributed by atoms with Crippen LogP contribution in [0.1, 0.15) is 18.5 Å². The zero-order chi connectivity index (χ0) is 12.1. The molecule has 1 aromatic heterocycles. The molecule has 0 radical (unpaired) electrons. The van der Waals surface area contributed by atoms with E-state index in [0.29, 0.717) is 0 Å². The van der Waals surface area contributed by atoms with Crippen LogP contribution in [-0.2, 0) is 11.3 Å². The van der Waals surface area contributed by atoms with E-state index in [-0.39, 0.29) is 5.41 Å². The Hall–Kier alpha value is -0.490. The maximum atomic E-state index is 5.96. The van der Waals surface area contributed by atoms with Crippen LogP contribution >= 0.6 is 11.3 Å². The average Bonchev–Trinajstić information content (AvgIpc) is 2.83. The Kier molecular flexibility index (Phi) is 4.50. The smallest absolute Gasteiger partial charge is 0.0795 e. The number of thiazole rings is 1. The highest BCUT2D eigenvalue weighted by Crippen LogP contribution is 2.30. The monoisotopic (exact) mass is 255 g/mol. The Labute approximate surface area is 107 Å². The van der Waals surface area contributed by atoms with Crippen LogP contribution in [0.25, 0.3) is 0 Å². The molecule has 0 saturated carbocycles. The van der Waals surface area contributed by atoms with Gasteiger partial charge in [0, 0.05) is 31.7 Å². The molecule has 1 fully saturated rings. The zero-order valence-electron chi connectivity index (χ0n) is 10.4. The summed E-state index contributed by atoms with van der Waals surface area (Å²) in [6.07, 6.45) is 2.15. The van der Waals surface area contributed by atoms with Gasteiger partial charge in [-0.1, -0.05) is 0 Å². The summed E-state index contributed by atoms with van der Waals surface area (Å²) in [5.74, 6) is 0. The quantitative estimate of drug-likeness (QED) is 0.862. The molecule has 1 aromatic rings. The molecule has 0 bridgehead atoms. The summed E-state index contributed by atoms with van der Waals surface area (Å²) in [5.41, 5.74) is 9.24. The van der Waals surface area contributed by atoms with Gasteiger partial charge in [0.2, 0.25) is 0 Å². The minimum Gasteiger partial charge on any atom is -0.381 e. The van der Waals surface area contributed by atoms with Crippen molar-refractivity contribution in [3.05, 3.63) is 16.6 Å². The number of nitrogens with two attached hydrogens (primary N) is 1. The SMILES string of the molecule is CN(Cc1cscn1)CC1(CN)CCOCC1. The Bertz CT molecular complexity index is 323. The molecule has 0 atom stereocenters. The van der Waals surface area contributed by atoms with Crippen molar-refractivity contribution in [2.45, 2.75) is 19.4 Å². The standard InChI is InChI=1S/C12H21N3OS/c1-15(6-11-7-17-10-14-11)9-12(8-13)2-4-16-5-3-12/h7,10H,2-6,8-9,13H2,1H3. The van der Waals surface area contributed by atoms with E-state index in [0.717, 1.165) is 51.4 Å². The van der Waals surface area contributed by atoms with E-state index in [2.05, 4.69) is 22.3 Å². The highest BCUT2D eigenvalue weighted by molar-refractivity contribution is 7.07. The predicted molar refractivity (Wildman–Crippen MR) is 70.0 cm³/mol. The lowest BCUT2D eigenvalue weighted by atomic mass is 9.80. The number of ether oxygens (including phenoxy) is 1. The summed E-state index contributed by atoms with van der Waals surface area (Å²) in [4.78, 5) is 6.65. The first-order valence-electron chi connectivity index (χ1n) is 6.07. The molecule has 2 rings (SSSR count). The third kappa shape index (κ3) is 3.48. The number of hydrogen-bond donors (Lipinski definition) is 1. The molecule has 0 unspecified atom stereocenters. The molecule has 0 aliphatic carbocycles. The van der Waals surface area contributed by atoms with Gasteiger partial charge in [0.1, 0.15) is 0 Å². The molecule has 5 heteroatoms. The third-order valence-electron chi connectivity index (χ3n) is 3.51. The number of hydrogen-bond acceptors (Lipinski definition) is 5. The maximum Gasteiger partial charge on any atom is 0.0795 e. The van der Waals surface area contributed by atoms with E-state index < -0.39 is 0 Å². The van der Waals surface area contributed by atoms with Gasteiger partial charge in [-0.05, 0) is 31.8 Å². The van der Waals surface area contributed by atoms with E-state index >= 15 is 0 Å². The minimum absolute atomic E-state index is 0.239. The molecule has 1 saturated heterocycles. The van der Waals surface area contributed by atoms with Gasteiger partial charge >= 0.3 is 0 Å². The van der Waals surface area contributed by atoms with Crippen LogP contribution in [-0.4, -0.2) is 43.2 Å². The van der Waals surface area contributed by atoms with Crippen LogP contribution in [0.15, 0.2) is 10.9 Å². The number of aromatic nitrogens is 1. The van der Waals surface area contributed by atoms with Crippen molar-refractivity contribution in [1.29, 1.82) is 0 Å². The fourth-order valence-corrected chi connectivity index (χ4v) is 3.00. The van der Waals surface area contributed by atoms with Crippen molar-refractivity contribution in [2.75, 3.05) is 33.4 Å². The van der Waals surface area contributed by atoms with Gasteiger partial charge in [-0.15, -0.1) is 11.3 Å². The van der Waals surface area contributed by atoms with E-state index in [4.69, 9.17) is 10.5 Å². The molecule has 0 spiro atoms. The summed E-state index contributed by atoms with van der Waals surface area (Å²) in [6.45, 7) is 4.39. The van der Waals surface area contributed by atoms with Crippen molar-refractivity contribution in [2.24, 2.45) is 11.1 Å². The number of nitrogens with zero attached hydrogens (tertiary/aromatic N) is 2. The normalized spacial score (nSPS) is 19.7. The second-order valence-electron chi connectivity index (χ2n) is 4.97. The molecule has 0 aromatic carbocycles. The van der Waals surface area contributed by atoms with Gasteiger partial charge in [0.05, 0.1) is 11.2 Å². The van der Waals surface area contributed by atoms with Crippen LogP contribution in [0.5, 0.6) is 0 Å². The average molecular weight is 255 g/mol. The molecule has 17 heavy (non-hydrogen) atoms. The van der Waals surface area contributed by atoms with E-state index in [1.54, 1.807) is 11.3 Å². The molecule has 1 aliphatic heterocycles. The second kappa shape index (κ2) is 5.91. The van der Waals surface area contributed by atoms with Crippen LogP contribution in [0.2, 0.25) is 0 Å². The van der Waals surface area contributed by atoms with Crippen LogP contribution < -0.4 is 5.73 Å². The first-order chi connectivity index (χ1) is 8.24. The Balaban J connectivity index is 1.89. The molecular weight excluding hydrogens is 234 g/mol. The van der Waals surface area contributed by atoms with Crippen molar-refractivity contribution < 1.29 is 4.74 Å². The molecule has 0 amide bonds. The Morgan fingerprint density at radius 2 is 2.29 bits per heavy atom. The van der Waals surface area contributed by atoms with Crippen molar-refractivity contribution in [3.63, 3.8) is 0 Å². The lowest BCUT2D eigenvalue weighted by Gasteiger charge is -2.39. The van der Waals surface area contributed by atoms with Gasteiger partial charge in [0.25, 0.3) is 0 Å². The van der Waals surface area contributed by atoms with Gasteiger partial charge < -0.3 is 10.5 Å². The maximum absolute atomic E-state index is 5.96. The zero-order valence-corrected chi connectivity index (χ0v) is 11.2. The summed E-state index contributed by atoms with van der Waals surface area (Å²) in [6, 6.07) is 0.